The molecular weight excluding hydrogens is 330 g/mol. The van der Waals surface area contributed by atoms with Crippen molar-refractivity contribution in [3.05, 3.63) is 47.9 Å². The van der Waals surface area contributed by atoms with E-state index in [-0.39, 0.29) is 5.41 Å². The SMILES string of the molecule is CCn1c(Sc2ccnc(C(C)(C)C)n2)nnc1-c1ccccc1C. The van der Waals surface area contributed by atoms with Gasteiger partial charge in [-0.2, -0.15) is 0 Å². The van der Waals surface area contributed by atoms with E-state index in [0.717, 1.165) is 33.9 Å². The van der Waals surface area contributed by atoms with Crippen molar-refractivity contribution in [3.8, 4) is 11.4 Å². The molecule has 0 amide bonds. The number of aryl methyl sites for hydroxylation is 1. The van der Waals surface area contributed by atoms with Crippen LogP contribution in [0.2, 0.25) is 0 Å². The van der Waals surface area contributed by atoms with Crippen LogP contribution >= 0.6 is 11.8 Å². The molecule has 3 aromatic rings. The quantitative estimate of drug-likeness (QED) is 0.646. The summed E-state index contributed by atoms with van der Waals surface area (Å²) in [5.74, 6) is 1.73. The summed E-state index contributed by atoms with van der Waals surface area (Å²) in [5, 5.41) is 10.6. The van der Waals surface area contributed by atoms with Crippen LogP contribution in [0, 0.1) is 6.92 Å². The minimum Gasteiger partial charge on any atom is -0.302 e. The summed E-state index contributed by atoms with van der Waals surface area (Å²) >= 11 is 1.53. The van der Waals surface area contributed by atoms with Gasteiger partial charge in [0, 0.05) is 23.7 Å². The molecule has 0 aliphatic heterocycles. The minimum absolute atomic E-state index is 0.0820. The lowest BCUT2D eigenvalue weighted by molar-refractivity contribution is 0.538. The van der Waals surface area contributed by atoms with Crippen LogP contribution in [-0.4, -0.2) is 24.7 Å². The Morgan fingerprint density at radius 3 is 2.52 bits per heavy atom. The molecule has 0 bridgehead atoms. The summed E-state index contributed by atoms with van der Waals surface area (Å²) < 4.78 is 2.13. The predicted octanol–water partition coefficient (Wildman–Crippen LogP) is 4.51. The average Bonchev–Trinajstić information content (AvgIpc) is 2.97. The van der Waals surface area contributed by atoms with Crippen molar-refractivity contribution in [2.24, 2.45) is 0 Å². The molecule has 0 fully saturated rings. The molecule has 0 unspecified atom stereocenters. The molecule has 0 radical (unpaired) electrons. The number of rotatable bonds is 4. The van der Waals surface area contributed by atoms with Gasteiger partial charge in [-0.3, -0.25) is 0 Å². The Hall–Kier alpha value is -2.21. The Labute approximate surface area is 152 Å². The fraction of sp³-hybridized carbons (Fsp3) is 0.368. The lowest BCUT2D eigenvalue weighted by atomic mass is 9.96. The van der Waals surface area contributed by atoms with Crippen molar-refractivity contribution in [1.82, 2.24) is 24.7 Å². The topological polar surface area (TPSA) is 56.5 Å². The second-order valence-corrected chi connectivity index (χ2v) is 7.92. The highest BCUT2D eigenvalue weighted by atomic mass is 32.2. The number of hydrogen-bond donors (Lipinski definition) is 0. The van der Waals surface area contributed by atoms with E-state index in [2.05, 4.69) is 71.5 Å². The van der Waals surface area contributed by atoms with Gasteiger partial charge in [-0.1, -0.05) is 45.0 Å². The van der Waals surface area contributed by atoms with Crippen molar-refractivity contribution < 1.29 is 0 Å². The molecule has 6 heteroatoms. The molecule has 25 heavy (non-hydrogen) atoms. The van der Waals surface area contributed by atoms with Crippen molar-refractivity contribution >= 4 is 11.8 Å². The summed E-state index contributed by atoms with van der Waals surface area (Å²) in [7, 11) is 0. The first kappa shape index (κ1) is 17.6. The monoisotopic (exact) mass is 353 g/mol. The maximum Gasteiger partial charge on any atom is 0.197 e. The first-order chi connectivity index (χ1) is 11.9. The number of nitrogens with zero attached hydrogens (tertiary/aromatic N) is 5. The summed E-state index contributed by atoms with van der Waals surface area (Å²) in [6.07, 6.45) is 1.81. The van der Waals surface area contributed by atoms with Crippen LogP contribution in [-0.2, 0) is 12.0 Å². The molecule has 0 N–H and O–H groups in total. The van der Waals surface area contributed by atoms with Gasteiger partial charge in [-0.25, -0.2) is 9.97 Å². The van der Waals surface area contributed by atoms with Gasteiger partial charge in [0.25, 0.3) is 0 Å². The number of aromatic nitrogens is 5. The summed E-state index contributed by atoms with van der Waals surface area (Å²) in [4.78, 5) is 9.08. The van der Waals surface area contributed by atoms with Crippen molar-refractivity contribution in [2.75, 3.05) is 0 Å². The lowest BCUT2D eigenvalue weighted by Gasteiger charge is -2.16. The largest absolute Gasteiger partial charge is 0.302 e. The van der Waals surface area contributed by atoms with Crippen molar-refractivity contribution in [2.45, 2.75) is 56.8 Å². The van der Waals surface area contributed by atoms with Gasteiger partial charge in [0.2, 0.25) is 0 Å². The van der Waals surface area contributed by atoms with E-state index in [4.69, 9.17) is 0 Å². The molecule has 2 heterocycles. The summed E-state index contributed by atoms with van der Waals surface area (Å²) in [6.45, 7) is 11.3. The molecular formula is C19H23N5S. The standard InChI is InChI=1S/C19H23N5S/c1-6-24-16(14-10-8-7-9-13(14)2)22-23-18(24)25-15-11-12-20-17(21-15)19(3,4)5/h7-12H,6H2,1-5H3. The molecule has 0 spiro atoms. The number of hydrogen-bond acceptors (Lipinski definition) is 5. The molecule has 130 valence electrons. The highest BCUT2D eigenvalue weighted by Crippen LogP contribution is 2.30. The fourth-order valence-corrected chi connectivity index (χ4v) is 3.38. The van der Waals surface area contributed by atoms with Gasteiger partial charge < -0.3 is 4.57 Å². The van der Waals surface area contributed by atoms with Gasteiger partial charge >= 0.3 is 0 Å². The van der Waals surface area contributed by atoms with E-state index in [1.54, 1.807) is 0 Å². The second kappa shape index (κ2) is 6.96. The minimum atomic E-state index is -0.0820. The van der Waals surface area contributed by atoms with Crippen LogP contribution in [0.15, 0.2) is 46.7 Å². The normalized spacial score (nSPS) is 11.7. The Bertz CT molecular complexity index is 880. The van der Waals surface area contributed by atoms with E-state index in [1.165, 1.54) is 17.3 Å². The van der Waals surface area contributed by atoms with Gasteiger partial charge in [-0.15, -0.1) is 10.2 Å². The third kappa shape index (κ3) is 3.74. The third-order valence-corrected chi connectivity index (χ3v) is 4.84. The van der Waals surface area contributed by atoms with Gasteiger partial charge in [0.15, 0.2) is 11.0 Å². The molecule has 0 atom stereocenters. The second-order valence-electron chi connectivity index (χ2n) is 6.94. The summed E-state index contributed by atoms with van der Waals surface area (Å²) in [5.41, 5.74) is 2.22. The van der Waals surface area contributed by atoms with Crippen molar-refractivity contribution in [3.63, 3.8) is 0 Å². The van der Waals surface area contributed by atoms with E-state index in [0.29, 0.717) is 0 Å². The Morgan fingerprint density at radius 1 is 1.08 bits per heavy atom. The molecule has 2 aromatic heterocycles. The van der Waals surface area contributed by atoms with E-state index < -0.39 is 0 Å². The number of benzene rings is 1. The van der Waals surface area contributed by atoms with E-state index in [9.17, 15) is 0 Å². The predicted molar refractivity (Wildman–Crippen MR) is 101 cm³/mol. The molecule has 0 aliphatic carbocycles. The lowest BCUT2D eigenvalue weighted by Crippen LogP contribution is -2.15. The average molecular weight is 353 g/mol. The molecule has 0 saturated carbocycles. The van der Waals surface area contributed by atoms with Crippen LogP contribution < -0.4 is 0 Å². The molecule has 1 aromatic carbocycles. The molecule has 5 nitrogen and oxygen atoms in total. The van der Waals surface area contributed by atoms with Crippen LogP contribution in [0.4, 0.5) is 0 Å². The van der Waals surface area contributed by atoms with Gasteiger partial charge in [0.05, 0.1) is 0 Å². The Kier molecular flexibility index (Phi) is 4.90. The van der Waals surface area contributed by atoms with Gasteiger partial charge in [-0.05, 0) is 37.2 Å². The van der Waals surface area contributed by atoms with Crippen LogP contribution in [0.1, 0.15) is 39.1 Å². The van der Waals surface area contributed by atoms with E-state index in [1.807, 2.05) is 24.4 Å². The highest BCUT2D eigenvalue weighted by molar-refractivity contribution is 7.99. The zero-order chi connectivity index (χ0) is 18.0. The maximum absolute atomic E-state index is 4.69. The van der Waals surface area contributed by atoms with Crippen LogP contribution in [0.3, 0.4) is 0 Å². The highest BCUT2D eigenvalue weighted by Gasteiger charge is 2.19. The zero-order valence-electron chi connectivity index (χ0n) is 15.3. The Morgan fingerprint density at radius 2 is 1.84 bits per heavy atom. The zero-order valence-corrected chi connectivity index (χ0v) is 16.1. The third-order valence-electron chi connectivity index (χ3n) is 3.92. The smallest absolute Gasteiger partial charge is 0.197 e. The molecule has 3 rings (SSSR count). The van der Waals surface area contributed by atoms with Crippen LogP contribution in [0.5, 0.6) is 0 Å². The summed E-state index contributed by atoms with van der Waals surface area (Å²) in [6, 6.07) is 10.2. The molecule has 0 aliphatic rings. The Balaban J connectivity index is 1.96. The first-order valence-electron chi connectivity index (χ1n) is 8.40. The van der Waals surface area contributed by atoms with Crippen molar-refractivity contribution in [1.29, 1.82) is 0 Å². The first-order valence-corrected chi connectivity index (χ1v) is 9.22. The molecule has 0 saturated heterocycles. The van der Waals surface area contributed by atoms with Crippen LogP contribution in [0.25, 0.3) is 11.4 Å². The van der Waals surface area contributed by atoms with Gasteiger partial charge in [0.1, 0.15) is 10.9 Å². The van der Waals surface area contributed by atoms with E-state index >= 15 is 0 Å². The maximum atomic E-state index is 4.69. The fourth-order valence-electron chi connectivity index (χ4n) is 2.53.